The van der Waals surface area contributed by atoms with Crippen LogP contribution in [0.25, 0.3) is 10.9 Å². The molecule has 6 heteroatoms. The number of nitrogens with one attached hydrogen (secondary N) is 3. The Bertz CT molecular complexity index is 914. The van der Waals surface area contributed by atoms with E-state index in [1.165, 1.54) is 22.0 Å². The SMILES string of the molecule is CCCOc1ccc(CNC(=NC)NCCc2c[nH]c3cc(C)ccc23)cn1. The molecule has 0 aliphatic carbocycles. The Balaban J connectivity index is 1.46. The number of aromatic amines is 1. The molecule has 3 aromatic rings. The Morgan fingerprint density at radius 2 is 2.11 bits per heavy atom. The first kappa shape index (κ1) is 19.7. The molecule has 148 valence electrons. The van der Waals surface area contributed by atoms with E-state index in [-0.39, 0.29) is 0 Å². The zero-order valence-corrected chi connectivity index (χ0v) is 16.9. The van der Waals surface area contributed by atoms with Crippen LogP contribution < -0.4 is 15.4 Å². The summed E-state index contributed by atoms with van der Waals surface area (Å²) < 4.78 is 5.51. The first-order valence-corrected chi connectivity index (χ1v) is 9.78. The van der Waals surface area contributed by atoms with Crippen molar-refractivity contribution in [2.45, 2.75) is 33.2 Å². The van der Waals surface area contributed by atoms with Crippen molar-refractivity contribution in [2.24, 2.45) is 4.99 Å². The average Bonchev–Trinajstić information content (AvgIpc) is 3.11. The van der Waals surface area contributed by atoms with Crippen LogP contribution in [-0.4, -0.2) is 36.1 Å². The first-order valence-electron chi connectivity index (χ1n) is 9.78. The zero-order valence-electron chi connectivity index (χ0n) is 16.9. The fourth-order valence-electron chi connectivity index (χ4n) is 3.04. The van der Waals surface area contributed by atoms with Crippen LogP contribution in [0.1, 0.15) is 30.0 Å². The van der Waals surface area contributed by atoms with Gasteiger partial charge in [-0.3, -0.25) is 4.99 Å². The van der Waals surface area contributed by atoms with Crippen molar-refractivity contribution in [3.8, 4) is 5.88 Å². The van der Waals surface area contributed by atoms with Crippen LogP contribution in [0, 0.1) is 6.92 Å². The lowest BCUT2D eigenvalue weighted by atomic mass is 10.1. The second kappa shape index (κ2) is 9.78. The molecule has 6 nitrogen and oxygen atoms in total. The van der Waals surface area contributed by atoms with Gasteiger partial charge in [-0.1, -0.05) is 25.1 Å². The Labute approximate surface area is 166 Å². The third-order valence-corrected chi connectivity index (χ3v) is 4.54. The number of benzene rings is 1. The van der Waals surface area contributed by atoms with Crippen molar-refractivity contribution in [1.29, 1.82) is 0 Å². The van der Waals surface area contributed by atoms with E-state index in [4.69, 9.17) is 4.74 Å². The van der Waals surface area contributed by atoms with E-state index in [0.29, 0.717) is 19.0 Å². The standard InChI is InChI=1S/C22H29N5O/c1-4-11-28-21-8-6-17(13-26-21)14-27-22(23-3)24-10-9-18-15-25-20-12-16(2)5-7-19(18)20/h5-8,12-13,15,25H,4,9-11,14H2,1-3H3,(H2,23,24,27). The van der Waals surface area contributed by atoms with Crippen LogP contribution in [0.15, 0.2) is 47.7 Å². The molecule has 2 aromatic heterocycles. The number of guanidine groups is 1. The highest BCUT2D eigenvalue weighted by atomic mass is 16.5. The summed E-state index contributed by atoms with van der Waals surface area (Å²) in [5, 5.41) is 7.98. The largest absolute Gasteiger partial charge is 0.478 e. The lowest BCUT2D eigenvalue weighted by molar-refractivity contribution is 0.305. The van der Waals surface area contributed by atoms with Crippen LogP contribution in [-0.2, 0) is 13.0 Å². The number of pyridine rings is 1. The molecule has 0 saturated carbocycles. The van der Waals surface area contributed by atoms with Crippen molar-refractivity contribution >= 4 is 16.9 Å². The molecule has 0 amide bonds. The molecule has 0 aliphatic rings. The van der Waals surface area contributed by atoms with Crippen molar-refractivity contribution in [2.75, 3.05) is 20.2 Å². The molecule has 0 saturated heterocycles. The number of nitrogens with zero attached hydrogens (tertiary/aromatic N) is 2. The lowest BCUT2D eigenvalue weighted by Gasteiger charge is -2.12. The number of rotatable bonds is 8. The molecule has 28 heavy (non-hydrogen) atoms. The van der Waals surface area contributed by atoms with Crippen LogP contribution in [0.5, 0.6) is 5.88 Å². The van der Waals surface area contributed by atoms with E-state index >= 15 is 0 Å². The topological polar surface area (TPSA) is 74.3 Å². The fourth-order valence-corrected chi connectivity index (χ4v) is 3.04. The van der Waals surface area contributed by atoms with Crippen LogP contribution >= 0.6 is 0 Å². The van der Waals surface area contributed by atoms with Crippen LogP contribution in [0.4, 0.5) is 0 Å². The average molecular weight is 380 g/mol. The third kappa shape index (κ3) is 5.25. The van der Waals surface area contributed by atoms with Gasteiger partial charge in [-0.05, 0) is 42.5 Å². The first-order chi connectivity index (χ1) is 13.7. The van der Waals surface area contributed by atoms with E-state index in [9.17, 15) is 0 Å². The summed E-state index contributed by atoms with van der Waals surface area (Å²) in [7, 11) is 1.78. The Hall–Kier alpha value is -3.02. The van der Waals surface area contributed by atoms with Gasteiger partial charge >= 0.3 is 0 Å². The quantitative estimate of drug-likeness (QED) is 0.413. The number of ether oxygens (including phenoxy) is 1. The Morgan fingerprint density at radius 1 is 1.21 bits per heavy atom. The summed E-state index contributed by atoms with van der Waals surface area (Å²) in [4.78, 5) is 12.0. The maximum absolute atomic E-state index is 5.51. The predicted molar refractivity (Wildman–Crippen MR) is 115 cm³/mol. The molecular formula is C22H29N5O. The van der Waals surface area contributed by atoms with Crippen molar-refractivity contribution < 1.29 is 4.74 Å². The Kier molecular flexibility index (Phi) is 6.89. The second-order valence-corrected chi connectivity index (χ2v) is 6.82. The lowest BCUT2D eigenvalue weighted by Crippen LogP contribution is -2.37. The van der Waals surface area contributed by atoms with Gasteiger partial charge in [0.2, 0.25) is 5.88 Å². The molecule has 2 heterocycles. The molecule has 1 aromatic carbocycles. The van der Waals surface area contributed by atoms with Gasteiger partial charge in [-0.15, -0.1) is 0 Å². The highest BCUT2D eigenvalue weighted by Gasteiger charge is 2.05. The molecule has 0 radical (unpaired) electrons. The molecule has 0 spiro atoms. The Morgan fingerprint density at radius 3 is 2.86 bits per heavy atom. The van der Waals surface area contributed by atoms with E-state index in [2.05, 4.69) is 63.8 Å². The van der Waals surface area contributed by atoms with Crippen molar-refractivity contribution in [1.82, 2.24) is 20.6 Å². The minimum atomic E-state index is 0.660. The summed E-state index contributed by atoms with van der Waals surface area (Å²) in [5.74, 6) is 1.45. The van der Waals surface area contributed by atoms with Gasteiger partial charge in [0.05, 0.1) is 6.61 Å². The number of hydrogen-bond acceptors (Lipinski definition) is 3. The number of aromatic nitrogens is 2. The maximum atomic E-state index is 5.51. The molecule has 0 unspecified atom stereocenters. The van der Waals surface area contributed by atoms with E-state index < -0.39 is 0 Å². The summed E-state index contributed by atoms with van der Waals surface area (Å²) in [6.07, 6.45) is 5.83. The fraction of sp³-hybridized carbons (Fsp3) is 0.364. The highest BCUT2D eigenvalue weighted by Crippen LogP contribution is 2.19. The van der Waals surface area contributed by atoms with Gasteiger partial charge in [0, 0.05) is 49.5 Å². The van der Waals surface area contributed by atoms with Gasteiger partial charge in [0.15, 0.2) is 5.96 Å². The van der Waals surface area contributed by atoms with Crippen molar-refractivity contribution in [3.05, 3.63) is 59.4 Å². The predicted octanol–water partition coefficient (Wildman–Crippen LogP) is 3.57. The summed E-state index contributed by atoms with van der Waals surface area (Å²) in [6.45, 7) is 6.35. The molecule has 3 rings (SSSR count). The van der Waals surface area contributed by atoms with Gasteiger partial charge in [0.25, 0.3) is 0 Å². The van der Waals surface area contributed by atoms with Crippen LogP contribution in [0.2, 0.25) is 0 Å². The van der Waals surface area contributed by atoms with Gasteiger partial charge in [-0.2, -0.15) is 0 Å². The molecule has 3 N–H and O–H groups in total. The molecule has 0 fully saturated rings. The summed E-state index contributed by atoms with van der Waals surface area (Å²) in [5.41, 5.74) is 4.85. The van der Waals surface area contributed by atoms with E-state index in [0.717, 1.165) is 30.9 Å². The highest BCUT2D eigenvalue weighted by molar-refractivity contribution is 5.84. The second-order valence-electron chi connectivity index (χ2n) is 6.82. The number of fused-ring (bicyclic) bond motifs is 1. The van der Waals surface area contributed by atoms with E-state index in [1.807, 2.05) is 18.3 Å². The molecule has 0 aliphatic heterocycles. The molecular weight excluding hydrogens is 350 g/mol. The number of H-pyrrole nitrogens is 1. The summed E-state index contributed by atoms with van der Waals surface area (Å²) >= 11 is 0. The normalized spacial score (nSPS) is 11.6. The van der Waals surface area contributed by atoms with E-state index in [1.54, 1.807) is 7.05 Å². The minimum absolute atomic E-state index is 0.660. The smallest absolute Gasteiger partial charge is 0.213 e. The number of hydrogen-bond donors (Lipinski definition) is 3. The van der Waals surface area contributed by atoms with Gasteiger partial charge < -0.3 is 20.4 Å². The molecule has 0 bridgehead atoms. The van der Waals surface area contributed by atoms with Crippen molar-refractivity contribution in [3.63, 3.8) is 0 Å². The summed E-state index contributed by atoms with van der Waals surface area (Å²) in [6, 6.07) is 10.4. The zero-order chi connectivity index (χ0) is 19.8. The maximum Gasteiger partial charge on any atom is 0.213 e. The minimum Gasteiger partial charge on any atom is -0.478 e. The van der Waals surface area contributed by atoms with Gasteiger partial charge in [0.1, 0.15) is 0 Å². The van der Waals surface area contributed by atoms with Gasteiger partial charge in [-0.25, -0.2) is 4.98 Å². The molecule has 0 atom stereocenters. The van der Waals surface area contributed by atoms with Crippen LogP contribution in [0.3, 0.4) is 0 Å². The number of aliphatic imine (C=N–C) groups is 1. The number of aryl methyl sites for hydroxylation is 1. The third-order valence-electron chi connectivity index (χ3n) is 4.54. The monoisotopic (exact) mass is 379 g/mol.